The van der Waals surface area contributed by atoms with E-state index in [0.29, 0.717) is 12.4 Å². The van der Waals surface area contributed by atoms with Gasteiger partial charge in [0, 0.05) is 25.0 Å². The van der Waals surface area contributed by atoms with Gasteiger partial charge in [0.15, 0.2) is 0 Å². The van der Waals surface area contributed by atoms with E-state index >= 15 is 0 Å². The highest BCUT2D eigenvalue weighted by Gasteiger charge is 2.01. The fourth-order valence-electron chi connectivity index (χ4n) is 1.69. The summed E-state index contributed by atoms with van der Waals surface area (Å²) in [5, 5.41) is 8.61. The van der Waals surface area contributed by atoms with Crippen LogP contribution in [0.3, 0.4) is 0 Å². The van der Waals surface area contributed by atoms with Crippen LogP contribution >= 0.6 is 0 Å². The Morgan fingerprint density at radius 1 is 1.42 bits per heavy atom. The molecule has 0 atom stereocenters. The number of carboxylic acids is 1. The average molecular weight is 258 g/mol. The van der Waals surface area contributed by atoms with Gasteiger partial charge in [-0.3, -0.25) is 0 Å². The van der Waals surface area contributed by atoms with Gasteiger partial charge < -0.3 is 14.4 Å². The summed E-state index contributed by atoms with van der Waals surface area (Å²) < 4.78 is 6.97. The minimum Gasteiger partial charge on any atom is -0.497 e. The van der Waals surface area contributed by atoms with Crippen LogP contribution in [0.15, 0.2) is 42.7 Å². The highest BCUT2D eigenvalue weighted by molar-refractivity contribution is 5.84. The van der Waals surface area contributed by atoms with Crippen molar-refractivity contribution >= 4 is 12.0 Å². The molecule has 1 aromatic carbocycles. The molecule has 2 rings (SSSR count). The van der Waals surface area contributed by atoms with Crippen LogP contribution in [-0.2, 0) is 11.3 Å². The monoisotopic (exact) mass is 258 g/mol. The van der Waals surface area contributed by atoms with E-state index < -0.39 is 5.97 Å². The molecule has 0 aliphatic carbocycles. The van der Waals surface area contributed by atoms with Crippen LogP contribution in [0, 0.1) is 0 Å². The van der Waals surface area contributed by atoms with Crippen LogP contribution < -0.4 is 4.74 Å². The van der Waals surface area contributed by atoms with Crippen molar-refractivity contribution in [1.82, 2.24) is 9.55 Å². The second kappa shape index (κ2) is 5.86. The van der Waals surface area contributed by atoms with Gasteiger partial charge in [0.1, 0.15) is 11.6 Å². The van der Waals surface area contributed by atoms with E-state index in [-0.39, 0.29) is 0 Å². The van der Waals surface area contributed by atoms with Gasteiger partial charge in [-0.2, -0.15) is 0 Å². The molecule has 0 amide bonds. The van der Waals surface area contributed by atoms with E-state index in [1.165, 1.54) is 6.08 Å². The second-order valence-corrected chi connectivity index (χ2v) is 3.93. The summed E-state index contributed by atoms with van der Waals surface area (Å²) in [5.74, 6) is 0.428. The zero-order valence-corrected chi connectivity index (χ0v) is 10.5. The highest BCUT2D eigenvalue weighted by Crippen LogP contribution is 2.13. The SMILES string of the molecule is COc1ccc(Cn2ccnc2/C=C/C(=O)O)cc1. The van der Waals surface area contributed by atoms with Crippen LogP contribution in [-0.4, -0.2) is 27.7 Å². The summed E-state index contributed by atoms with van der Waals surface area (Å²) >= 11 is 0. The summed E-state index contributed by atoms with van der Waals surface area (Å²) in [6, 6.07) is 7.70. The molecule has 1 aromatic heterocycles. The van der Waals surface area contributed by atoms with E-state index in [2.05, 4.69) is 4.98 Å². The molecule has 19 heavy (non-hydrogen) atoms. The Balaban J connectivity index is 2.14. The third kappa shape index (κ3) is 3.45. The molecular weight excluding hydrogens is 244 g/mol. The molecule has 5 heteroatoms. The maximum Gasteiger partial charge on any atom is 0.328 e. The van der Waals surface area contributed by atoms with Crippen molar-refractivity contribution in [2.75, 3.05) is 7.11 Å². The largest absolute Gasteiger partial charge is 0.497 e. The Morgan fingerprint density at radius 2 is 2.16 bits per heavy atom. The first-order valence-electron chi connectivity index (χ1n) is 5.74. The summed E-state index contributed by atoms with van der Waals surface area (Å²) in [6.45, 7) is 0.628. The van der Waals surface area contributed by atoms with Crippen LogP contribution in [0.25, 0.3) is 6.08 Å². The van der Waals surface area contributed by atoms with E-state index in [0.717, 1.165) is 17.4 Å². The number of carboxylic acid groups (broad SMARTS) is 1. The molecule has 5 nitrogen and oxygen atoms in total. The number of methoxy groups -OCH3 is 1. The number of aliphatic carboxylic acids is 1. The van der Waals surface area contributed by atoms with Crippen molar-refractivity contribution in [1.29, 1.82) is 0 Å². The molecular formula is C14H14N2O3. The minimum atomic E-state index is -0.987. The quantitative estimate of drug-likeness (QED) is 0.833. The third-order valence-corrected chi connectivity index (χ3v) is 2.63. The maximum atomic E-state index is 10.5. The Bertz CT molecular complexity index is 585. The average Bonchev–Trinajstić information content (AvgIpc) is 2.84. The number of hydrogen-bond donors (Lipinski definition) is 1. The Labute approximate surface area is 110 Å². The predicted octanol–water partition coefficient (Wildman–Crippen LogP) is 2.04. The molecule has 0 unspecified atom stereocenters. The molecule has 2 aromatic rings. The molecule has 0 saturated heterocycles. The van der Waals surface area contributed by atoms with Crippen molar-refractivity contribution in [3.05, 3.63) is 54.1 Å². The van der Waals surface area contributed by atoms with Gasteiger partial charge in [-0.25, -0.2) is 9.78 Å². The third-order valence-electron chi connectivity index (χ3n) is 2.63. The lowest BCUT2D eigenvalue weighted by Gasteiger charge is -2.06. The number of carbonyl (C=O) groups is 1. The summed E-state index contributed by atoms with van der Waals surface area (Å²) in [5.41, 5.74) is 1.09. The van der Waals surface area contributed by atoms with E-state index in [9.17, 15) is 4.79 Å². The molecule has 0 saturated carbocycles. The highest BCUT2D eigenvalue weighted by atomic mass is 16.5. The molecule has 0 bridgehead atoms. The predicted molar refractivity (Wildman–Crippen MR) is 71.0 cm³/mol. The molecule has 1 N–H and O–H groups in total. The molecule has 0 spiro atoms. The molecule has 98 valence electrons. The van der Waals surface area contributed by atoms with Crippen LogP contribution in [0.5, 0.6) is 5.75 Å². The van der Waals surface area contributed by atoms with Crippen molar-refractivity contribution in [2.45, 2.75) is 6.54 Å². The first kappa shape index (κ1) is 12.9. The van der Waals surface area contributed by atoms with Gasteiger partial charge in [0.25, 0.3) is 0 Å². The van der Waals surface area contributed by atoms with Gasteiger partial charge in [0.05, 0.1) is 7.11 Å². The first-order valence-corrected chi connectivity index (χ1v) is 5.74. The fourth-order valence-corrected chi connectivity index (χ4v) is 1.69. The van der Waals surface area contributed by atoms with Crippen LogP contribution in [0.2, 0.25) is 0 Å². The lowest BCUT2D eigenvalue weighted by molar-refractivity contribution is -0.131. The molecule has 0 aliphatic heterocycles. The lowest BCUT2D eigenvalue weighted by Crippen LogP contribution is -2.01. The normalized spacial score (nSPS) is 10.8. The Morgan fingerprint density at radius 3 is 2.79 bits per heavy atom. The van der Waals surface area contributed by atoms with Crippen molar-refractivity contribution in [3.63, 3.8) is 0 Å². The topological polar surface area (TPSA) is 64.4 Å². The minimum absolute atomic E-state index is 0.609. The Kier molecular flexibility index (Phi) is 3.97. The summed E-state index contributed by atoms with van der Waals surface area (Å²) in [7, 11) is 1.62. The zero-order chi connectivity index (χ0) is 13.7. The number of imidazole rings is 1. The number of ether oxygens (including phenoxy) is 1. The number of hydrogen-bond acceptors (Lipinski definition) is 3. The molecule has 0 aliphatic rings. The lowest BCUT2D eigenvalue weighted by atomic mass is 10.2. The van der Waals surface area contributed by atoms with Crippen molar-refractivity contribution in [3.8, 4) is 5.75 Å². The van der Waals surface area contributed by atoms with Gasteiger partial charge >= 0.3 is 5.97 Å². The van der Waals surface area contributed by atoms with E-state index in [4.69, 9.17) is 9.84 Å². The molecule has 0 radical (unpaired) electrons. The molecule has 1 heterocycles. The van der Waals surface area contributed by atoms with Gasteiger partial charge in [-0.1, -0.05) is 12.1 Å². The van der Waals surface area contributed by atoms with Crippen molar-refractivity contribution in [2.24, 2.45) is 0 Å². The summed E-state index contributed by atoms with van der Waals surface area (Å²) in [4.78, 5) is 14.6. The van der Waals surface area contributed by atoms with Gasteiger partial charge in [-0.05, 0) is 23.8 Å². The molecule has 0 fully saturated rings. The second-order valence-electron chi connectivity index (χ2n) is 3.93. The standard InChI is InChI=1S/C14H14N2O3/c1-19-12-4-2-11(3-5-12)10-16-9-8-15-13(16)6-7-14(17)18/h2-9H,10H2,1H3,(H,17,18)/b7-6+. The number of nitrogens with zero attached hydrogens (tertiary/aromatic N) is 2. The van der Waals surface area contributed by atoms with Gasteiger partial charge in [-0.15, -0.1) is 0 Å². The smallest absolute Gasteiger partial charge is 0.328 e. The summed E-state index contributed by atoms with van der Waals surface area (Å²) in [6.07, 6.45) is 6.01. The van der Waals surface area contributed by atoms with Crippen LogP contribution in [0.4, 0.5) is 0 Å². The Hall–Kier alpha value is -2.56. The van der Waals surface area contributed by atoms with E-state index in [1.54, 1.807) is 13.3 Å². The van der Waals surface area contributed by atoms with Crippen LogP contribution in [0.1, 0.15) is 11.4 Å². The number of benzene rings is 1. The fraction of sp³-hybridized carbons (Fsp3) is 0.143. The number of aromatic nitrogens is 2. The van der Waals surface area contributed by atoms with Gasteiger partial charge in [0.2, 0.25) is 0 Å². The maximum absolute atomic E-state index is 10.5. The zero-order valence-electron chi connectivity index (χ0n) is 10.5. The number of rotatable bonds is 5. The van der Waals surface area contributed by atoms with E-state index in [1.807, 2.05) is 35.0 Å². The van der Waals surface area contributed by atoms with Crippen molar-refractivity contribution < 1.29 is 14.6 Å². The first-order chi connectivity index (χ1) is 9.19.